The molecule has 4 heteroatoms. The van der Waals surface area contributed by atoms with Gasteiger partial charge in [0.05, 0.1) is 13.2 Å². The molecule has 4 nitrogen and oxygen atoms in total. The molecule has 1 N–H and O–H groups in total. The molecule has 2 atom stereocenters. The zero-order chi connectivity index (χ0) is 15.0. The second kappa shape index (κ2) is 5.19. The maximum absolute atomic E-state index is 5.51. The zero-order valence-corrected chi connectivity index (χ0v) is 13.0. The summed E-state index contributed by atoms with van der Waals surface area (Å²) < 4.78 is 10.8. The molecule has 0 bridgehead atoms. The molecule has 2 unspecified atom stereocenters. The fourth-order valence-electron chi connectivity index (χ4n) is 3.08. The maximum atomic E-state index is 5.51. The molecule has 0 radical (unpaired) electrons. The van der Waals surface area contributed by atoms with E-state index >= 15 is 0 Å². The summed E-state index contributed by atoms with van der Waals surface area (Å²) in [6, 6.07) is 8.45. The first-order chi connectivity index (χ1) is 10.1. The fraction of sp³-hybridized carbons (Fsp3) is 0.471. The van der Waals surface area contributed by atoms with Crippen LogP contribution in [0, 0.1) is 5.41 Å². The predicted octanol–water partition coefficient (Wildman–Crippen LogP) is 3.47. The van der Waals surface area contributed by atoms with E-state index in [1.165, 1.54) is 0 Å². The van der Waals surface area contributed by atoms with Crippen LogP contribution in [0.5, 0.6) is 5.75 Å². The van der Waals surface area contributed by atoms with Crippen LogP contribution in [0.3, 0.4) is 0 Å². The average molecular weight is 286 g/mol. The SMILES string of the molecule is COc1ccc2ccnc(NC3CC(OC)C3(C)C)c2c1. The molecule has 2 aromatic rings. The van der Waals surface area contributed by atoms with Crippen LogP contribution in [-0.4, -0.2) is 31.3 Å². The minimum Gasteiger partial charge on any atom is -0.497 e. The number of pyridine rings is 1. The molecule has 1 heterocycles. The Bertz CT molecular complexity index is 654. The second-order valence-electron chi connectivity index (χ2n) is 6.22. The van der Waals surface area contributed by atoms with Crippen LogP contribution in [-0.2, 0) is 4.74 Å². The Morgan fingerprint density at radius 3 is 2.71 bits per heavy atom. The third kappa shape index (κ3) is 2.33. The Morgan fingerprint density at radius 1 is 1.24 bits per heavy atom. The van der Waals surface area contributed by atoms with Gasteiger partial charge in [0.1, 0.15) is 11.6 Å². The topological polar surface area (TPSA) is 43.4 Å². The van der Waals surface area contributed by atoms with Crippen molar-refractivity contribution >= 4 is 16.6 Å². The van der Waals surface area contributed by atoms with Crippen LogP contribution in [0.25, 0.3) is 10.8 Å². The van der Waals surface area contributed by atoms with E-state index in [9.17, 15) is 0 Å². The van der Waals surface area contributed by atoms with Crippen LogP contribution in [0.2, 0.25) is 0 Å². The summed E-state index contributed by atoms with van der Waals surface area (Å²) in [5, 5.41) is 5.83. The number of hydrogen-bond acceptors (Lipinski definition) is 4. The first kappa shape index (κ1) is 14.1. The Labute approximate surface area is 125 Å². The average Bonchev–Trinajstić information content (AvgIpc) is 2.50. The molecule has 1 aliphatic rings. The number of nitrogens with zero attached hydrogens (tertiary/aromatic N) is 1. The Kier molecular flexibility index (Phi) is 3.49. The molecular weight excluding hydrogens is 264 g/mol. The van der Waals surface area contributed by atoms with Crippen molar-refractivity contribution < 1.29 is 9.47 Å². The third-order valence-corrected chi connectivity index (χ3v) is 4.75. The summed E-state index contributed by atoms with van der Waals surface area (Å²) in [5.74, 6) is 1.76. The van der Waals surface area contributed by atoms with E-state index < -0.39 is 0 Å². The normalized spacial score (nSPS) is 23.6. The lowest BCUT2D eigenvalue weighted by atomic mass is 9.64. The van der Waals surface area contributed by atoms with Gasteiger partial charge in [0.15, 0.2) is 0 Å². The number of fused-ring (bicyclic) bond motifs is 1. The van der Waals surface area contributed by atoms with Crippen LogP contribution in [0.4, 0.5) is 5.82 Å². The molecule has 1 saturated carbocycles. The molecule has 0 amide bonds. The number of anilines is 1. The van der Waals surface area contributed by atoms with Crippen molar-refractivity contribution in [3.63, 3.8) is 0 Å². The monoisotopic (exact) mass is 286 g/mol. The van der Waals surface area contributed by atoms with Gasteiger partial charge < -0.3 is 14.8 Å². The zero-order valence-electron chi connectivity index (χ0n) is 13.0. The Morgan fingerprint density at radius 2 is 2.05 bits per heavy atom. The highest BCUT2D eigenvalue weighted by Gasteiger charge is 2.48. The van der Waals surface area contributed by atoms with Gasteiger partial charge in [-0.05, 0) is 30.0 Å². The number of ether oxygens (including phenoxy) is 2. The number of hydrogen-bond donors (Lipinski definition) is 1. The maximum Gasteiger partial charge on any atom is 0.134 e. The van der Waals surface area contributed by atoms with Gasteiger partial charge in [-0.3, -0.25) is 0 Å². The van der Waals surface area contributed by atoms with Gasteiger partial charge in [0, 0.05) is 30.1 Å². The van der Waals surface area contributed by atoms with Gasteiger partial charge >= 0.3 is 0 Å². The van der Waals surface area contributed by atoms with Crippen LogP contribution < -0.4 is 10.1 Å². The lowest BCUT2D eigenvalue weighted by Gasteiger charge is -2.51. The molecule has 1 aliphatic carbocycles. The van der Waals surface area contributed by atoms with Crippen molar-refractivity contribution in [3.8, 4) is 5.75 Å². The van der Waals surface area contributed by atoms with E-state index in [0.29, 0.717) is 12.1 Å². The highest BCUT2D eigenvalue weighted by molar-refractivity contribution is 5.92. The lowest BCUT2D eigenvalue weighted by molar-refractivity contribution is -0.0795. The summed E-state index contributed by atoms with van der Waals surface area (Å²) in [4.78, 5) is 4.51. The van der Waals surface area contributed by atoms with E-state index in [1.54, 1.807) is 14.2 Å². The molecule has 1 aromatic carbocycles. The summed E-state index contributed by atoms with van der Waals surface area (Å²) in [7, 11) is 3.46. The largest absolute Gasteiger partial charge is 0.497 e. The number of methoxy groups -OCH3 is 2. The van der Waals surface area contributed by atoms with Gasteiger partial charge in [-0.25, -0.2) is 4.98 Å². The van der Waals surface area contributed by atoms with Gasteiger partial charge in [0.2, 0.25) is 0 Å². The number of aromatic nitrogens is 1. The Hall–Kier alpha value is -1.81. The first-order valence-corrected chi connectivity index (χ1v) is 7.28. The van der Waals surface area contributed by atoms with E-state index in [2.05, 4.69) is 30.2 Å². The summed E-state index contributed by atoms with van der Waals surface area (Å²) in [6.45, 7) is 4.46. The van der Waals surface area contributed by atoms with E-state index in [-0.39, 0.29) is 5.41 Å². The molecule has 21 heavy (non-hydrogen) atoms. The number of nitrogens with one attached hydrogen (secondary N) is 1. The molecule has 1 fully saturated rings. The molecule has 0 saturated heterocycles. The molecular formula is C17H22N2O2. The highest BCUT2D eigenvalue weighted by atomic mass is 16.5. The van der Waals surface area contributed by atoms with Crippen molar-refractivity contribution in [1.82, 2.24) is 4.98 Å². The van der Waals surface area contributed by atoms with E-state index in [1.807, 2.05) is 24.4 Å². The van der Waals surface area contributed by atoms with E-state index in [4.69, 9.17) is 9.47 Å². The predicted molar refractivity (Wildman–Crippen MR) is 84.9 cm³/mol. The summed E-state index contributed by atoms with van der Waals surface area (Å²) in [6.07, 6.45) is 3.15. The smallest absolute Gasteiger partial charge is 0.134 e. The fourth-order valence-corrected chi connectivity index (χ4v) is 3.08. The standard InChI is InChI=1S/C17H22N2O2/c1-17(2)14(10-15(17)21-4)19-16-13-9-12(20-3)6-5-11(13)7-8-18-16/h5-9,14-15H,10H2,1-4H3,(H,18,19). The van der Waals surface area contributed by atoms with Crippen LogP contribution in [0.15, 0.2) is 30.5 Å². The van der Waals surface area contributed by atoms with E-state index in [0.717, 1.165) is 28.8 Å². The van der Waals surface area contributed by atoms with Crippen molar-refractivity contribution in [2.24, 2.45) is 5.41 Å². The quantitative estimate of drug-likeness (QED) is 0.934. The molecule has 1 aromatic heterocycles. The third-order valence-electron chi connectivity index (χ3n) is 4.75. The minimum atomic E-state index is 0.109. The van der Waals surface area contributed by atoms with Gasteiger partial charge in [-0.2, -0.15) is 0 Å². The van der Waals surface area contributed by atoms with Crippen molar-refractivity contribution in [1.29, 1.82) is 0 Å². The molecule has 0 spiro atoms. The van der Waals surface area contributed by atoms with Crippen LogP contribution >= 0.6 is 0 Å². The number of benzene rings is 1. The Balaban J connectivity index is 1.91. The number of rotatable bonds is 4. The highest BCUT2D eigenvalue weighted by Crippen LogP contribution is 2.44. The molecule has 112 valence electrons. The molecule has 0 aliphatic heterocycles. The van der Waals surface area contributed by atoms with Gasteiger partial charge in [0.25, 0.3) is 0 Å². The van der Waals surface area contributed by atoms with Crippen molar-refractivity contribution in [3.05, 3.63) is 30.5 Å². The van der Waals surface area contributed by atoms with Gasteiger partial charge in [-0.15, -0.1) is 0 Å². The summed E-state index contributed by atoms with van der Waals surface area (Å²) in [5.41, 5.74) is 0.109. The van der Waals surface area contributed by atoms with Crippen molar-refractivity contribution in [2.75, 3.05) is 19.5 Å². The second-order valence-corrected chi connectivity index (χ2v) is 6.22. The lowest BCUT2D eigenvalue weighted by Crippen LogP contribution is -2.57. The summed E-state index contributed by atoms with van der Waals surface area (Å²) >= 11 is 0. The van der Waals surface area contributed by atoms with Gasteiger partial charge in [-0.1, -0.05) is 19.9 Å². The van der Waals surface area contributed by atoms with Crippen molar-refractivity contribution in [2.45, 2.75) is 32.4 Å². The molecule has 3 rings (SSSR count). The van der Waals surface area contributed by atoms with Crippen LogP contribution in [0.1, 0.15) is 20.3 Å². The minimum absolute atomic E-state index is 0.109. The first-order valence-electron chi connectivity index (χ1n) is 7.28.